The average Bonchev–Trinajstić information content (AvgIpc) is 2.51. The number of benzene rings is 2. The van der Waals surface area contributed by atoms with Crippen LogP contribution in [0.15, 0.2) is 42.5 Å². The number of ether oxygens (including phenoxy) is 1. The molecule has 0 unspecified atom stereocenters. The fourth-order valence-corrected chi connectivity index (χ4v) is 3.61. The van der Waals surface area contributed by atoms with Gasteiger partial charge in [-0.05, 0) is 61.6 Å². The molecule has 0 spiro atoms. The average molecular weight is 394 g/mol. The zero-order chi connectivity index (χ0) is 19.4. The topological polar surface area (TPSA) is 21.3 Å². The number of hydrogen-bond donors (Lipinski definition) is 1. The van der Waals surface area contributed by atoms with Gasteiger partial charge < -0.3 is 10.1 Å². The first-order valence-electron chi connectivity index (χ1n) is 8.95. The molecule has 142 valence electrons. The quantitative estimate of drug-likeness (QED) is 0.553. The minimum Gasteiger partial charge on any atom is -0.489 e. The van der Waals surface area contributed by atoms with Crippen molar-refractivity contribution >= 4 is 23.2 Å². The van der Waals surface area contributed by atoms with Crippen LogP contribution in [0.25, 0.3) is 0 Å². The minimum atomic E-state index is 0.0218. The molecule has 0 atom stereocenters. The first-order chi connectivity index (χ1) is 12.0. The number of halogens is 2. The predicted molar refractivity (Wildman–Crippen MR) is 112 cm³/mol. The maximum absolute atomic E-state index is 6.21. The molecule has 0 radical (unpaired) electrons. The van der Waals surface area contributed by atoms with Crippen molar-refractivity contribution < 1.29 is 4.74 Å². The Hall–Kier alpha value is -1.22. The number of hydrogen-bond acceptors (Lipinski definition) is 2. The standard InChI is InChI=1S/C22H29Cl2NO/c1-21(2,3)15-22(4,5)25-13-17-12-19(24)10-11-20(17)26-14-16-6-8-18(23)9-7-16/h6-12,25H,13-15H2,1-5H3. The minimum absolute atomic E-state index is 0.0218. The van der Waals surface area contributed by atoms with Crippen LogP contribution < -0.4 is 10.1 Å². The van der Waals surface area contributed by atoms with Gasteiger partial charge in [-0.15, -0.1) is 0 Å². The van der Waals surface area contributed by atoms with Crippen molar-refractivity contribution in [2.45, 2.75) is 59.7 Å². The summed E-state index contributed by atoms with van der Waals surface area (Å²) in [5, 5.41) is 5.09. The third-order valence-corrected chi connectivity index (χ3v) is 4.55. The van der Waals surface area contributed by atoms with Crippen molar-refractivity contribution in [3.63, 3.8) is 0 Å². The van der Waals surface area contributed by atoms with E-state index >= 15 is 0 Å². The van der Waals surface area contributed by atoms with Gasteiger partial charge in [0, 0.05) is 27.7 Å². The van der Waals surface area contributed by atoms with Gasteiger partial charge >= 0.3 is 0 Å². The van der Waals surface area contributed by atoms with E-state index in [9.17, 15) is 0 Å². The van der Waals surface area contributed by atoms with Gasteiger partial charge in [-0.25, -0.2) is 0 Å². The van der Waals surface area contributed by atoms with E-state index < -0.39 is 0 Å². The molecule has 2 rings (SSSR count). The van der Waals surface area contributed by atoms with Gasteiger partial charge in [-0.3, -0.25) is 0 Å². The van der Waals surface area contributed by atoms with Crippen LogP contribution in [0.4, 0.5) is 0 Å². The van der Waals surface area contributed by atoms with E-state index in [-0.39, 0.29) is 11.0 Å². The summed E-state index contributed by atoms with van der Waals surface area (Å²) < 4.78 is 6.04. The van der Waals surface area contributed by atoms with Crippen LogP contribution >= 0.6 is 23.2 Å². The van der Waals surface area contributed by atoms with Gasteiger partial charge in [-0.2, -0.15) is 0 Å². The second kappa shape index (κ2) is 8.65. The maximum Gasteiger partial charge on any atom is 0.124 e. The lowest BCUT2D eigenvalue weighted by atomic mass is 9.82. The summed E-state index contributed by atoms with van der Waals surface area (Å²) in [5.41, 5.74) is 2.43. The highest BCUT2D eigenvalue weighted by Gasteiger charge is 2.25. The van der Waals surface area contributed by atoms with Crippen LogP contribution in [-0.4, -0.2) is 5.54 Å². The Kier molecular flexibility index (Phi) is 7.01. The Morgan fingerprint density at radius 2 is 1.50 bits per heavy atom. The van der Waals surface area contributed by atoms with E-state index in [4.69, 9.17) is 27.9 Å². The van der Waals surface area contributed by atoms with Crippen LogP contribution in [-0.2, 0) is 13.2 Å². The Morgan fingerprint density at radius 1 is 0.885 bits per heavy atom. The molecule has 26 heavy (non-hydrogen) atoms. The van der Waals surface area contributed by atoms with Crippen molar-refractivity contribution in [3.05, 3.63) is 63.6 Å². The second-order valence-corrected chi connectivity index (χ2v) is 9.51. The fraction of sp³-hybridized carbons (Fsp3) is 0.455. The van der Waals surface area contributed by atoms with Crippen LogP contribution in [0.1, 0.15) is 52.2 Å². The van der Waals surface area contributed by atoms with Gasteiger partial charge in [0.25, 0.3) is 0 Å². The van der Waals surface area contributed by atoms with Gasteiger partial charge in [0.1, 0.15) is 12.4 Å². The van der Waals surface area contributed by atoms with E-state index in [0.29, 0.717) is 18.2 Å². The fourth-order valence-electron chi connectivity index (χ4n) is 3.29. The highest BCUT2D eigenvalue weighted by atomic mass is 35.5. The third kappa shape index (κ3) is 7.19. The maximum atomic E-state index is 6.21. The van der Waals surface area contributed by atoms with Crippen molar-refractivity contribution in [2.75, 3.05) is 0 Å². The van der Waals surface area contributed by atoms with E-state index in [2.05, 4.69) is 39.9 Å². The summed E-state index contributed by atoms with van der Waals surface area (Å²) in [5.74, 6) is 0.850. The molecule has 0 aliphatic carbocycles. The molecule has 0 aliphatic rings. The largest absolute Gasteiger partial charge is 0.489 e. The molecule has 0 aliphatic heterocycles. The first-order valence-corrected chi connectivity index (χ1v) is 9.70. The smallest absolute Gasteiger partial charge is 0.124 e. The van der Waals surface area contributed by atoms with Crippen molar-refractivity contribution in [1.82, 2.24) is 5.32 Å². The Balaban J connectivity index is 2.05. The van der Waals surface area contributed by atoms with E-state index in [0.717, 1.165) is 28.3 Å². The van der Waals surface area contributed by atoms with Gasteiger partial charge in [-0.1, -0.05) is 56.1 Å². The molecule has 1 N–H and O–H groups in total. The molecule has 0 amide bonds. The Morgan fingerprint density at radius 3 is 2.12 bits per heavy atom. The van der Waals surface area contributed by atoms with Crippen LogP contribution in [0, 0.1) is 5.41 Å². The summed E-state index contributed by atoms with van der Waals surface area (Å²) in [6, 6.07) is 13.5. The van der Waals surface area contributed by atoms with Crippen LogP contribution in [0.3, 0.4) is 0 Å². The summed E-state index contributed by atoms with van der Waals surface area (Å²) in [6.45, 7) is 12.5. The Labute approximate surface area is 167 Å². The van der Waals surface area contributed by atoms with Gasteiger partial charge in [0.15, 0.2) is 0 Å². The predicted octanol–water partition coefficient (Wildman–Crippen LogP) is 6.88. The van der Waals surface area contributed by atoms with E-state index in [1.165, 1.54) is 0 Å². The van der Waals surface area contributed by atoms with Crippen LogP contribution in [0.2, 0.25) is 10.0 Å². The second-order valence-electron chi connectivity index (χ2n) is 8.64. The normalized spacial score (nSPS) is 12.3. The molecule has 0 saturated carbocycles. The number of nitrogens with one attached hydrogen (secondary N) is 1. The molecule has 0 saturated heterocycles. The van der Waals surface area contributed by atoms with Crippen molar-refractivity contribution in [3.8, 4) is 5.75 Å². The third-order valence-electron chi connectivity index (χ3n) is 4.06. The zero-order valence-electron chi connectivity index (χ0n) is 16.3. The lowest BCUT2D eigenvalue weighted by molar-refractivity contribution is 0.238. The lowest BCUT2D eigenvalue weighted by Gasteiger charge is -2.33. The zero-order valence-corrected chi connectivity index (χ0v) is 17.8. The number of rotatable bonds is 7. The first kappa shape index (κ1) is 21.1. The monoisotopic (exact) mass is 393 g/mol. The highest BCUT2D eigenvalue weighted by Crippen LogP contribution is 2.29. The van der Waals surface area contributed by atoms with Gasteiger partial charge in [0.2, 0.25) is 0 Å². The lowest BCUT2D eigenvalue weighted by Crippen LogP contribution is -2.41. The van der Waals surface area contributed by atoms with Crippen molar-refractivity contribution in [1.29, 1.82) is 0 Å². The summed E-state index contributed by atoms with van der Waals surface area (Å²) in [4.78, 5) is 0. The van der Waals surface area contributed by atoms with Crippen molar-refractivity contribution in [2.24, 2.45) is 5.41 Å². The SMILES string of the molecule is CC(C)(C)CC(C)(C)NCc1cc(Cl)ccc1OCc1ccc(Cl)cc1. The van der Waals surface area contributed by atoms with E-state index in [1.807, 2.05) is 42.5 Å². The van der Waals surface area contributed by atoms with Gasteiger partial charge in [0.05, 0.1) is 0 Å². The summed E-state index contributed by atoms with van der Waals surface area (Å²) in [6.07, 6.45) is 1.07. The molecular formula is C22H29Cl2NO. The summed E-state index contributed by atoms with van der Waals surface area (Å²) >= 11 is 12.1. The molecule has 0 bridgehead atoms. The molecular weight excluding hydrogens is 365 g/mol. The molecule has 2 nitrogen and oxygen atoms in total. The summed E-state index contributed by atoms with van der Waals surface area (Å²) in [7, 11) is 0. The molecule has 2 aromatic carbocycles. The molecule has 4 heteroatoms. The Bertz CT molecular complexity index is 718. The highest BCUT2D eigenvalue weighted by molar-refractivity contribution is 6.30. The molecule has 2 aromatic rings. The molecule has 0 aromatic heterocycles. The molecule has 0 fully saturated rings. The van der Waals surface area contributed by atoms with Crippen LogP contribution in [0.5, 0.6) is 5.75 Å². The molecule has 0 heterocycles. The van der Waals surface area contributed by atoms with E-state index in [1.54, 1.807) is 0 Å².